The van der Waals surface area contributed by atoms with Crippen LogP contribution in [0.15, 0.2) is 24.3 Å². The maximum absolute atomic E-state index is 5.38. The molecule has 0 heterocycles. The average molecular weight is 247 g/mol. The Hall–Kier alpha value is -1.02. The minimum Gasteiger partial charge on any atom is -0.496 e. The van der Waals surface area contributed by atoms with E-state index in [1.165, 1.54) is 31.2 Å². The lowest BCUT2D eigenvalue weighted by atomic mass is 9.87. The van der Waals surface area contributed by atoms with E-state index in [1.807, 2.05) is 12.1 Å². The van der Waals surface area contributed by atoms with E-state index in [0.717, 1.165) is 30.7 Å². The topological polar surface area (TPSA) is 21.3 Å². The van der Waals surface area contributed by atoms with Crippen LogP contribution in [0.25, 0.3) is 0 Å². The third-order valence-electron chi connectivity index (χ3n) is 3.96. The molecule has 2 heteroatoms. The zero-order valence-corrected chi connectivity index (χ0v) is 11.6. The van der Waals surface area contributed by atoms with Gasteiger partial charge in [-0.05, 0) is 43.4 Å². The highest BCUT2D eigenvalue weighted by atomic mass is 16.5. The second kappa shape index (κ2) is 6.79. The van der Waals surface area contributed by atoms with Gasteiger partial charge in [-0.1, -0.05) is 38.0 Å². The monoisotopic (exact) mass is 247 g/mol. The van der Waals surface area contributed by atoms with Crippen LogP contribution in [-0.2, 0) is 6.42 Å². The summed E-state index contributed by atoms with van der Waals surface area (Å²) in [7, 11) is 1.75. The van der Waals surface area contributed by atoms with Gasteiger partial charge in [0.05, 0.1) is 7.11 Å². The van der Waals surface area contributed by atoms with E-state index in [4.69, 9.17) is 4.74 Å². The van der Waals surface area contributed by atoms with Gasteiger partial charge in [-0.25, -0.2) is 0 Å². The Morgan fingerprint density at radius 3 is 2.89 bits per heavy atom. The van der Waals surface area contributed by atoms with Crippen molar-refractivity contribution in [2.45, 2.75) is 45.1 Å². The molecular weight excluding hydrogens is 222 g/mol. The standard InChI is InChI=1S/C16H25NO/c1-13-6-5-8-15(12-13)17-11-10-14-7-3-4-9-16(14)18-2/h3-4,7,9,13,15,17H,5-6,8,10-12H2,1-2H3/t13-,15+/m1/s1. The van der Waals surface area contributed by atoms with Crippen LogP contribution in [-0.4, -0.2) is 19.7 Å². The average Bonchev–Trinajstić information content (AvgIpc) is 2.39. The Labute approximate surface area is 111 Å². The van der Waals surface area contributed by atoms with Crippen LogP contribution in [0.4, 0.5) is 0 Å². The summed E-state index contributed by atoms with van der Waals surface area (Å²) in [6, 6.07) is 9.03. The first kappa shape index (κ1) is 13.4. The lowest BCUT2D eigenvalue weighted by molar-refractivity contribution is 0.302. The maximum atomic E-state index is 5.38. The second-order valence-corrected chi connectivity index (χ2v) is 5.48. The number of ether oxygens (including phenoxy) is 1. The number of rotatable bonds is 5. The number of para-hydroxylation sites is 1. The van der Waals surface area contributed by atoms with E-state index >= 15 is 0 Å². The number of benzene rings is 1. The van der Waals surface area contributed by atoms with Gasteiger partial charge in [0.15, 0.2) is 0 Å². The smallest absolute Gasteiger partial charge is 0.122 e. The molecule has 1 saturated carbocycles. The third kappa shape index (κ3) is 3.74. The zero-order valence-electron chi connectivity index (χ0n) is 11.6. The summed E-state index contributed by atoms with van der Waals surface area (Å²) in [5.74, 6) is 1.90. The SMILES string of the molecule is COc1ccccc1CCN[C@H]1CCC[C@@H](C)C1. The first-order valence-corrected chi connectivity index (χ1v) is 7.15. The molecule has 18 heavy (non-hydrogen) atoms. The van der Waals surface area contributed by atoms with Crippen molar-refractivity contribution < 1.29 is 4.74 Å². The summed E-state index contributed by atoms with van der Waals surface area (Å²) >= 11 is 0. The number of hydrogen-bond acceptors (Lipinski definition) is 2. The van der Waals surface area contributed by atoms with Crippen molar-refractivity contribution in [2.24, 2.45) is 5.92 Å². The molecule has 100 valence electrons. The fourth-order valence-electron chi connectivity index (χ4n) is 2.94. The highest BCUT2D eigenvalue weighted by Crippen LogP contribution is 2.23. The van der Waals surface area contributed by atoms with E-state index < -0.39 is 0 Å². The van der Waals surface area contributed by atoms with Gasteiger partial charge in [-0.3, -0.25) is 0 Å². The summed E-state index contributed by atoms with van der Waals surface area (Å²) in [4.78, 5) is 0. The van der Waals surface area contributed by atoms with Crippen molar-refractivity contribution in [3.05, 3.63) is 29.8 Å². The van der Waals surface area contributed by atoms with E-state index in [9.17, 15) is 0 Å². The molecule has 1 aliphatic rings. The van der Waals surface area contributed by atoms with Gasteiger partial charge in [-0.2, -0.15) is 0 Å². The Morgan fingerprint density at radius 1 is 1.28 bits per heavy atom. The van der Waals surface area contributed by atoms with E-state index in [1.54, 1.807) is 7.11 Å². The normalized spacial score (nSPS) is 23.9. The summed E-state index contributed by atoms with van der Waals surface area (Å²) in [5, 5.41) is 3.70. The molecule has 1 aromatic rings. The molecule has 1 N–H and O–H groups in total. The Morgan fingerprint density at radius 2 is 2.11 bits per heavy atom. The number of hydrogen-bond donors (Lipinski definition) is 1. The van der Waals surface area contributed by atoms with Crippen molar-refractivity contribution >= 4 is 0 Å². The van der Waals surface area contributed by atoms with Crippen LogP contribution >= 0.6 is 0 Å². The van der Waals surface area contributed by atoms with Gasteiger partial charge in [0.2, 0.25) is 0 Å². The predicted octanol–water partition coefficient (Wildman–Crippen LogP) is 3.41. The molecular formula is C16H25NO. The molecule has 2 nitrogen and oxygen atoms in total. The molecule has 0 spiro atoms. The molecule has 0 aliphatic heterocycles. The molecule has 2 rings (SSSR count). The Kier molecular flexibility index (Phi) is 5.06. The van der Waals surface area contributed by atoms with Crippen LogP contribution in [0, 0.1) is 5.92 Å². The largest absolute Gasteiger partial charge is 0.496 e. The quantitative estimate of drug-likeness (QED) is 0.861. The molecule has 0 bridgehead atoms. The minimum absolute atomic E-state index is 0.725. The van der Waals surface area contributed by atoms with Gasteiger partial charge < -0.3 is 10.1 Å². The molecule has 0 unspecified atom stereocenters. The summed E-state index contributed by atoms with van der Waals surface area (Å²) in [6.45, 7) is 3.42. The summed E-state index contributed by atoms with van der Waals surface area (Å²) in [5.41, 5.74) is 1.30. The van der Waals surface area contributed by atoms with Crippen molar-refractivity contribution in [3.8, 4) is 5.75 Å². The zero-order chi connectivity index (χ0) is 12.8. The van der Waals surface area contributed by atoms with Gasteiger partial charge >= 0.3 is 0 Å². The Balaban J connectivity index is 1.77. The first-order valence-electron chi connectivity index (χ1n) is 7.15. The second-order valence-electron chi connectivity index (χ2n) is 5.48. The van der Waals surface area contributed by atoms with Crippen LogP contribution in [0.2, 0.25) is 0 Å². The van der Waals surface area contributed by atoms with Gasteiger partial charge in [0.1, 0.15) is 5.75 Å². The van der Waals surface area contributed by atoms with E-state index in [2.05, 4.69) is 24.4 Å². The molecule has 2 atom stereocenters. The molecule has 0 amide bonds. The predicted molar refractivity (Wildman–Crippen MR) is 76.1 cm³/mol. The van der Waals surface area contributed by atoms with Gasteiger partial charge in [0, 0.05) is 6.04 Å². The molecule has 1 fully saturated rings. The summed E-state index contributed by atoms with van der Waals surface area (Å²) < 4.78 is 5.38. The van der Waals surface area contributed by atoms with Crippen LogP contribution in [0.3, 0.4) is 0 Å². The van der Waals surface area contributed by atoms with Crippen molar-refractivity contribution in [1.82, 2.24) is 5.32 Å². The van der Waals surface area contributed by atoms with Gasteiger partial charge in [-0.15, -0.1) is 0 Å². The van der Waals surface area contributed by atoms with Crippen LogP contribution in [0.1, 0.15) is 38.2 Å². The molecule has 0 saturated heterocycles. The maximum Gasteiger partial charge on any atom is 0.122 e. The first-order chi connectivity index (χ1) is 8.79. The van der Waals surface area contributed by atoms with Crippen molar-refractivity contribution in [3.63, 3.8) is 0 Å². The number of nitrogens with one attached hydrogen (secondary N) is 1. The van der Waals surface area contributed by atoms with E-state index in [0.29, 0.717) is 0 Å². The third-order valence-corrected chi connectivity index (χ3v) is 3.96. The molecule has 1 aromatic carbocycles. The number of methoxy groups -OCH3 is 1. The fourth-order valence-corrected chi connectivity index (χ4v) is 2.94. The summed E-state index contributed by atoms with van der Waals surface area (Å²) in [6.07, 6.45) is 6.52. The van der Waals surface area contributed by atoms with E-state index in [-0.39, 0.29) is 0 Å². The minimum atomic E-state index is 0.725. The molecule has 0 aromatic heterocycles. The van der Waals surface area contributed by atoms with Crippen LogP contribution in [0.5, 0.6) is 5.75 Å². The lowest BCUT2D eigenvalue weighted by Gasteiger charge is -2.27. The van der Waals surface area contributed by atoms with Crippen molar-refractivity contribution in [1.29, 1.82) is 0 Å². The van der Waals surface area contributed by atoms with Crippen molar-refractivity contribution in [2.75, 3.05) is 13.7 Å². The highest BCUT2D eigenvalue weighted by Gasteiger charge is 2.17. The highest BCUT2D eigenvalue weighted by molar-refractivity contribution is 5.33. The van der Waals surface area contributed by atoms with Crippen LogP contribution < -0.4 is 10.1 Å². The molecule has 0 radical (unpaired) electrons. The molecule has 1 aliphatic carbocycles. The fraction of sp³-hybridized carbons (Fsp3) is 0.625. The lowest BCUT2D eigenvalue weighted by Crippen LogP contribution is -2.34. The Bertz CT molecular complexity index is 364. The van der Waals surface area contributed by atoms with Gasteiger partial charge in [0.25, 0.3) is 0 Å².